The van der Waals surface area contributed by atoms with Gasteiger partial charge >= 0.3 is 11.9 Å². The lowest BCUT2D eigenvalue weighted by Crippen LogP contribution is -2.17. The Morgan fingerprint density at radius 1 is 1.04 bits per heavy atom. The second kappa shape index (κ2) is 8.30. The standard InChI is InChI=1S/C17H18INO7/c1-4-25-16(22)12-14(20)15(21)13(17(23)26-5-2)19(12)9-6-7-11(24-3)10(18)8-9/h6-8,20-21H,4-5H2,1-3H3. The Morgan fingerprint density at radius 2 is 1.54 bits per heavy atom. The summed E-state index contributed by atoms with van der Waals surface area (Å²) in [4.78, 5) is 24.6. The van der Waals surface area contributed by atoms with Crippen molar-refractivity contribution in [2.45, 2.75) is 13.8 Å². The van der Waals surface area contributed by atoms with Crippen LogP contribution in [-0.4, -0.2) is 47.0 Å². The zero-order valence-electron chi connectivity index (χ0n) is 14.4. The van der Waals surface area contributed by atoms with Crippen molar-refractivity contribution in [3.05, 3.63) is 33.2 Å². The molecule has 26 heavy (non-hydrogen) atoms. The van der Waals surface area contributed by atoms with Crippen molar-refractivity contribution in [3.8, 4) is 22.9 Å². The molecule has 1 heterocycles. The van der Waals surface area contributed by atoms with Crippen molar-refractivity contribution in [3.63, 3.8) is 0 Å². The summed E-state index contributed by atoms with van der Waals surface area (Å²) in [5.41, 5.74) is -0.390. The third kappa shape index (κ3) is 3.57. The highest BCUT2D eigenvalue weighted by Crippen LogP contribution is 2.39. The predicted molar refractivity (Wildman–Crippen MR) is 100 cm³/mol. The van der Waals surface area contributed by atoms with Gasteiger partial charge in [0.1, 0.15) is 5.75 Å². The first-order valence-corrected chi connectivity index (χ1v) is 8.79. The van der Waals surface area contributed by atoms with Crippen LogP contribution in [0.4, 0.5) is 0 Å². The molecule has 0 fully saturated rings. The normalized spacial score (nSPS) is 10.5. The van der Waals surface area contributed by atoms with Gasteiger partial charge in [-0.2, -0.15) is 0 Å². The van der Waals surface area contributed by atoms with Gasteiger partial charge in [0.2, 0.25) is 0 Å². The maximum Gasteiger partial charge on any atom is 0.359 e. The van der Waals surface area contributed by atoms with E-state index in [1.54, 1.807) is 32.0 Å². The Morgan fingerprint density at radius 3 is 1.92 bits per heavy atom. The fourth-order valence-electron chi connectivity index (χ4n) is 2.38. The second-order valence-electron chi connectivity index (χ2n) is 4.99. The molecular formula is C17H18INO7. The first-order chi connectivity index (χ1) is 12.4. The zero-order chi connectivity index (χ0) is 19.4. The van der Waals surface area contributed by atoms with Crippen LogP contribution in [0.2, 0.25) is 0 Å². The van der Waals surface area contributed by atoms with Crippen molar-refractivity contribution in [1.82, 2.24) is 4.57 Å². The summed E-state index contributed by atoms with van der Waals surface area (Å²) in [6.45, 7) is 3.31. The lowest BCUT2D eigenvalue weighted by atomic mass is 10.2. The van der Waals surface area contributed by atoms with Gasteiger partial charge in [0.25, 0.3) is 0 Å². The lowest BCUT2D eigenvalue weighted by Gasteiger charge is -2.13. The summed E-state index contributed by atoms with van der Waals surface area (Å²) in [5.74, 6) is -2.69. The van der Waals surface area contributed by atoms with Gasteiger partial charge in [-0.25, -0.2) is 9.59 Å². The Labute approximate surface area is 163 Å². The topological polar surface area (TPSA) is 107 Å². The Balaban J connectivity index is 2.78. The van der Waals surface area contributed by atoms with Crippen molar-refractivity contribution < 1.29 is 34.0 Å². The summed E-state index contributed by atoms with van der Waals surface area (Å²) < 4.78 is 16.9. The molecule has 0 saturated heterocycles. The molecule has 0 spiro atoms. The first-order valence-electron chi connectivity index (χ1n) is 7.72. The van der Waals surface area contributed by atoms with Gasteiger partial charge in [-0.15, -0.1) is 0 Å². The van der Waals surface area contributed by atoms with Crippen LogP contribution in [0, 0.1) is 3.57 Å². The van der Waals surface area contributed by atoms with Gasteiger partial charge in [-0.3, -0.25) is 4.57 Å². The third-order valence-electron chi connectivity index (χ3n) is 3.45. The van der Waals surface area contributed by atoms with E-state index >= 15 is 0 Å². The quantitative estimate of drug-likeness (QED) is 0.489. The average Bonchev–Trinajstić information content (AvgIpc) is 2.87. The highest BCUT2D eigenvalue weighted by molar-refractivity contribution is 14.1. The second-order valence-corrected chi connectivity index (χ2v) is 6.15. The van der Waals surface area contributed by atoms with Crippen LogP contribution in [0.15, 0.2) is 18.2 Å². The van der Waals surface area contributed by atoms with Crippen molar-refractivity contribution in [1.29, 1.82) is 0 Å². The van der Waals surface area contributed by atoms with Crippen molar-refractivity contribution in [2.24, 2.45) is 0 Å². The Hall–Kier alpha value is -2.43. The lowest BCUT2D eigenvalue weighted by molar-refractivity contribution is 0.0507. The number of benzene rings is 1. The minimum atomic E-state index is -0.887. The molecule has 0 atom stereocenters. The van der Waals surface area contributed by atoms with Crippen molar-refractivity contribution in [2.75, 3.05) is 20.3 Å². The summed E-state index contributed by atoms with van der Waals surface area (Å²) in [5, 5.41) is 20.5. The van der Waals surface area contributed by atoms with E-state index in [2.05, 4.69) is 0 Å². The molecule has 0 radical (unpaired) electrons. The molecule has 9 heteroatoms. The van der Waals surface area contributed by atoms with Gasteiger partial charge in [0.15, 0.2) is 22.9 Å². The summed E-state index contributed by atoms with van der Waals surface area (Å²) in [6, 6.07) is 4.84. The molecule has 0 unspecified atom stereocenters. The molecule has 140 valence electrons. The molecule has 0 amide bonds. The number of halogens is 1. The first kappa shape index (κ1) is 19.9. The van der Waals surface area contributed by atoms with E-state index in [9.17, 15) is 19.8 Å². The molecule has 1 aromatic heterocycles. The van der Waals surface area contributed by atoms with Gasteiger partial charge in [-0.05, 0) is 54.6 Å². The maximum atomic E-state index is 12.3. The Kier molecular flexibility index (Phi) is 6.35. The predicted octanol–water partition coefficient (Wildman–Crippen LogP) is 2.86. The molecule has 2 N–H and O–H groups in total. The highest BCUT2D eigenvalue weighted by Gasteiger charge is 2.33. The minimum Gasteiger partial charge on any atom is -0.503 e. The highest BCUT2D eigenvalue weighted by atomic mass is 127. The smallest absolute Gasteiger partial charge is 0.359 e. The van der Waals surface area contributed by atoms with E-state index in [4.69, 9.17) is 14.2 Å². The van der Waals surface area contributed by atoms with Crippen LogP contribution >= 0.6 is 22.6 Å². The summed E-state index contributed by atoms with van der Waals surface area (Å²) in [7, 11) is 1.51. The van der Waals surface area contributed by atoms with Gasteiger partial charge in [0, 0.05) is 5.69 Å². The minimum absolute atomic E-state index is 0.0547. The summed E-state index contributed by atoms with van der Waals surface area (Å²) >= 11 is 2.02. The number of rotatable bonds is 6. The number of ether oxygens (including phenoxy) is 3. The molecule has 0 aliphatic heterocycles. The molecule has 0 bridgehead atoms. The fraction of sp³-hybridized carbons (Fsp3) is 0.294. The van der Waals surface area contributed by atoms with Crippen LogP contribution in [0.3, 0.4) is 0 Å². The van der Waals surface area contributed by atoms with Crippen LogP contribution in [0.25, 0.3) is 5.69 Å². The van der Waals surface area contributed by atoms with E-state index in [0.29, 0.717) is 15.0 Å². The van der Waals surface area contributed by atoms with Gasteiger partial charge < -0.3 is 24.4 Å². The number of carbonyl (C=O) groups is 2. The number of hydrogen-bond donors (Lipinski definition) is 2. The Bertz CT molecular complexity index is 803. The third-order valence-corrected chi connectivity index (χ3v) is 4.29. The summed E-state index contributed by atoms with van der Waals surface area (Å²) in [6.07, 6.45) is 0. The molecule has 2 aromatic rings. The molecule has 8 nitrogen and oxygen atoms in total. The number of esters is 2. The van der Waals surface area contributed by atoms with Crippen molar-refractivity contribution >= 4 is 34.5 Å². The SMILES string of the molecule is CCOC(=O)c1c(O)c(O)c(C(=O)OCC)n1-c1ccc(OC)c(I)c1. The van der Waals surface area contributed by atoms with Crippen LogP contribution in [0.5, 0.6) is 17.2 Å². The molecular weight excluding hydrogens is 457 g/mol. The largest absolute Gasteiger partial charge is 0.503 e. The number of aromatic hydroxyl groups is 2. The molecule has 0 saturated carbocycles. The number of aromatic nitrogens is 1. The van der Waals surface area contributed by atoms with Crippen LogP contribution in [0.1, 0.15) is 34.8 Å². The number of carbonyl (C=O) groups excluding carboxylic acids is 2. The van der Waals surface area contributed by atoms with E-state index in [0.717, 1.165) is 4.57 Å². The van der Waals surface area contributed by atoms with E-state index < -0.39 is 23.4 Å². The van der Waals surface area contributed by atoms with E-state index in [-0.39, 0.29) is 24.6 Å². The van der Waals surface area contributed by atoms with Gasteiger partial charge in [-0.1, -0.05) is 0 Å². The molecule has 2 rings (SSSR count). The number of hydrogen-bond acceptors (Lipinski definition) is 7. The average molecular weight is 475 g/mol. The molecule has 0 aliphatic carbocycles. The molecule has 0 aliphatic rings. The zero-order valence-corrected chi connectivity index (χ0v) is 16.6. The number of nitrogens with zero attached hydrogens (tertiary/aromatic N) is 1. The maximum absolute atomic E-state index is 12.3. The fourth-order valence-corrected chi connectivity index (χ4v) is 3.09. The number of methoxy groups -OCH3 is 1. The van der Waals surface area contributed by atoms with E-state index in [1.807, 2.05) is 22.6 Å². The van der Waals surface area contributed by atoms with Crippen LogP contribution < -0.4 is 4.74 Å². The molecule has 1 aromatic carbocycles. The van der Waals surface area contributed by atoms with E-state index in [1.165, 1.54) is 7.11 Å². The van der Waals surface area contributed by atoms with Gasteiger partial charge in [0.05, 0.1) is 23.9 Å². The monoisotopic (exact) mass is 475 g/mol. The van der Waals surface area contributed by atoms with Crippen LogP contribution in [-0.2, 0) is 9.47 Å².